The molecule has 0 bridgehead atoms. The van der Waals surface area contributed by atoms with Gasteiger partial charge < -0.3 is 26.4 Å². The quantitative estimate of drug-likeness (QED) is 0.354. The van der Waals surface area contributed by atoms with Crippen molar-refractivity contribution in [1.82, 2.24) is 15.5 Å². The highest BCUT2D eigenvalue weighted by Gasteiger charge is 2.41. The van der Waals surface area contributed by atoms with Crippen LogP contribution in [-0.4, -0.2) is 65.5 Å². The molecule has 2 aromatic rings. The van der Waals surface area contributed by atoms with Crippen LogP contribution in [0.4, 0.5) is 0 Å². The Morgan fingerprint density at radius 1 is 1.16 bits per heavy atom. The summed E-state index contributed by atoms with van der Waals surface area (Å²) in [6.07, 6.45) is 2.35. The molecule has 5 N–H and O–H groups in total. The van der Waals surface area contributed by atoms with Gasteiger partial charge in [0, 0.05) is 31.5 Å². The molecule has 1 heterocycles. The van der Waals surface area contributed by atoms with Gasteiger partial charge in [0.25, 0.3) is 0 Å². The molecule has 1 fully saturated rings. The summed E-state index contributed by atoms with van der Waals surface area (Å²) in [5, 5.41) is 17.5. The minimum atomic E-state index is -0.866. The van der Waals surface area contributed by atoms with Crippen LogP contribution >= 0.6 is 12.4 Å². The lowest BCUT2D eigenvalue weighted by Gasteiger charge is -2.33. The van der Waals surface area contributed by atoms with Crippen LogP contribution in [0, 0.1) is 5.41 Å². The van der Waals surface area contributed by atoms with Crippen molar-refractivity contribution in [2.75, 3.05) is 19.6 Å². The third-order valence-corrected chi connectivity index (χ3v) is 6.94. The molecule has 0 spiro atoms. The molecule has 8 nitrogen and oxygen atoms in total. The molecule has 37 heavy (non-hydrogen) atoms. The molecule has 1 saturated heterocycles. The first-order valence-corrected chi connectivity index (χ1v) is 12.9. The van der Waals surface area contributed by atoms with Gasteiger partial charge in [0.1, 0.15) is 12.1 Å². The average Bonchev–Trinajstić information content (AvgIpc) is 3.36. The number of rotatable bonds is 11. The summed E-state index contributed by atoms with van der Waals surface area (Å²) in [4.78, 5) is 41.4. The van der Waals surface area contributed by atoms with Crippen molar-refractivity contribution in [2.45, 2.75) is 71.1 Å². The second-order valence-corrected chi connectivity index (χ2v) is 10.4. The summed E-state index contributed by atoms with van der Waals surface area (Å²) in [7, 11) is 0. The molecular formula is C28H41ClN4O4. The van der Waals surface area contributed by atoms with Crippen LogP contribution in [0.5, 0.6) is 0 Å². The van der Waals surface area contributed by atoms with Gasteiger partial charge in [-0.15, -0.1) is 12.4 Å². The molecule has 0 aliphatic carbocycles. The van der Waals surface area contributed by atoms with Gasteiger partial charge in [-0.05, 0) is 35.6 Å². The van der Waals surface area contributed by atoms with E-state index in [-0.39, 0.29) is 43.7 Å². The number of carbonyl (C=O) groups is 3. The smallest absolute Gasteiger partial charge is 0.243 e. The third-order valence-electron chi connectivity index (χ3n) is 6.94. The van der Waals surface area contributed by atoms with Crippen molar-refractivity contribution in [3.05, 3.63) is 48.0 Å². The van der Waals surface area contributed by atoms with E-state index in [1.807, 2.05) is 63.2 Å². The van der Waals surface area contributed by atoms with Crippen LogP contribution in [0.25, 0.3) is 10.8 Å². The number of aliphatic hydroxyl groups excluding tert-OH is 1. The van der Waals surface area contributed by atoms with Crippen molar-refractivity contribution < 1.29 is 19.5 Å². The van der Waals surface area contributed by atoms with E-state index < -0.39 is 29.5 Å². The van der Waals surface area contributed by atoms with Gasteiger partial charge in [-0.1, -0.05) is 69.7 Å². The monoisotopic (exact) mass is 532 g/mol. The van der Waals surface area contributed by atoms with Crippen molar-refractivity contribution in [3.8, 4) is 0 Å². The summed E-state index contributed by atoms with van der Waals surface area (Å²) in [5.41, 5.74) is 5.82. The van der Waals surface area contributed by atoms with E-state index in [2.05, 4.69) is 10.6 Å². The number of carbonyl (C=O) groups excluding carboxylic acids is 3. The number of nitrogens with two attached hydrogens (primary N) is 1. The molecule has 3 atom stereocenters. The number of aliphatic hydroxyl groups is 1. The molecule has 0 radical (unpaired) electrons. The maximum atomic E-state index is 13.4. The molecule has 1 aliphatic heterocycles. The highest BCUT2D eigenvalue weighted by molar-refractivity contribution is 5.93. The highest BCUT2D eigenvalue weighted by Crippen LogP contribution is 2.30. The average molecular weight is 533 g/mol. The number of hydrogen-bond donors (Lipinski definition) is 4. The van der Waals surface area contributed by atoms with E-state index in [1.54, 1.807) is 4.90 Å². The summed E-state index contributed by atoms with van der Waals surface area (Å²) < 4.78 is 0. The lowest BCUT2D eigenvalue weighted by atomic mass is 9.86. The number of fused-ring (bicyclic) bond motifs is 1. The maximum Gasteiger partial charge on any atom is 0.243 e. The molecule has 1 aliphatic rings. The molecule has 1 unspecified atom stereocenters. The molecule has 0 saturated carbocycles. The summed E-state index contributed by atoms with van der Waals surface area (Å²) in [6.45, 7) is 6.44. The zero-order chi connectivity index (χ0) is 26.3. The zero-order valence-corrected chi connectivity index (χ0v) is 22.9. The van der Waals surface area contributed by atoms with E-state index in [0.29, 0.717) is 13.0 Å². The van der Waals surface area contributed by atoms with E-state index in [9.17, 15) is 19.5 Å². The Morgan fingerprint density at radius 3 is 2.54 bits per heavy atom. The number of amides is 3. The largest absolute Gasteiger partial charge is 0.390 e. The molecule has 3 amide bonds. The molecule has 9 heteroatoms. The Bertz CT molecular complexity index is 1080. The number of nitrogens with one attached hydrogen (secondary N) is 2. The molecule has 2 aromatic carbocycles. The van der Waals surface area contributed by atoms with Crippen LogP contribution in [0.15, 0.2) is 42.5 Å². The Labute approximate surface area is 225 Å². The van der Waals surface area contributed by atoms with Gasteiger partial charge in [0.05, 0.1) is 6.10 Å². The van der Waals surface area contributed by atoms with Gasteiger partial charge in [-0.3, -0.25) is 14.4 Å². The van der Waals surface area contributed by atoms with Gasteiger partial charge >= 0.3 is 0 Å². The van der Waals surface area contributed by atoms with E-state index in [0.717, 1.165) is 35.6 Å². The topological polar surface area (TPSA) is 125 Å². The van der Waals surface area contributed by atoms with Crippen molar-refractivity contribution >= 4 is 40.9 Å². The number of benzene rings is 2. The summed E-state index contributed by atoms with van der Waals surface area (Å²) in [5.74, 6) is -0.747. The van der Waals surface area contributed by atoms with E-state index in [4.69, 9.17) is 5.73 Å². The van der Waals surface area contributed by atoms with E-state index in [1.165, 1.54) is 0 Å². The summed E-state index contributed by atoms with van der Waals surface area (Å²) >= 11 is 0. The Kier molecular flexibility index (Phi) is 11.3. The lowest BCUT2D eigenvalue weighted by Crippen LogP contribution is -2.55. The van der Waals surface area contributed by atoms with Gasteiger partial charge in [0.2, 0.25) is 17.7 Å². The van der Waals surface area contributed by atoms with Crippen LogP contribution < -0.4 is 16.4 Å². The number of halogens is 1. The molecule has 0 aromatic heterocycles. The number of nitrogens with zero attached hydrogens (tertiary/aromatic N) is 1. The lowest BCUT2D eigenvalue weighted by molar-refractivity contribution is -0.146. The van der Waals surface area contributed by atoms with Crippen LogP contribution in [0.2, 0.25) is 0 Å². The first-order valence-electron chi connectivity index (χ1n) is 12.9. The maximum absolute atomic E-state index is 13.4. The van der Waals surface area contributed by atoms with Gasteiger partial charge in [-0.2, -0.15) is 0 Å². The fourth-order valence-corrected chi connectivity index (χ4v) is 4.91. The standard InChI is InChI=1S/C28H40N4O4.ClH/c1-4-13-28(2,3)27(36)32-14-7-10-24(32)26(35)31-23(25(34)30-18-22(33)17-29)16-19-11-12-20-8-5-6-9-21(20)15-19;/h5-6,8-9,11-12,15,22-24,33H,4,7,10,13-14,16-18,29H2,1-3H3,(H,30,34)(H,31,35);1H/t22?,23-,24+;/m1./s1. The Morgan fingerprint density at radius 2 is 1.86 bits per heavy atom. The van der Waals surface area contributed by atoms with Crippen molar-refractivity contribution in [3.63, 3.8) is 0 Å². The first kappa shape index (κ1) is 30.5. The number of likely N-dealkylation sites (tertiary alicyclic amines) is 1. The van der Waals surface area contributed by atoms with Crippen molar-refractivity contribution in [1.29, 1.82) is 0 Å². The zero-order valence-electron chi connectivity index (χ0n) is 22.0. The molecule has 204 valence electrons. The van der Waals surface area contributed by atoms with Gasteiger partial charge in [-0.25, -0.2) is 0 Å². The van der Waals surface area contributed by atoms with Crippen LogP contribution in [-0.2, 0) is 20.8 Å². The third kappa shape index (κ3) is 7.90. The highest BCUT2D eigenvalue weighted by atomic mass is 35.5. The predicted octanol–water partition coefficient (Wildman–Crippen LogP) is 2.54. The van der Waals surface area contributed by atoms with E-state index >= 15 is 0 Å². The normalized spacial score (nSPS) is 17.1. The summed E-state index contributed by atoms with van der Waals surface area (Å²) in [6, 6.07) is 12.4. The molecular weight excluding hydrogens is 492 g/mol. The number of hydrogen-bond acceptors (Lipinski definition) is 5. The molecule has 3 rings (SSSR count). The fourth-order valence-electron chi connectivity index (χ4n) is 4.91. The Balaban J connectivity index is 0.00000481. The first-order chi connectivity index (χ1) is 17.2. The predicted molar refractivity (Wildman–Crippen MR) is 148 cm³/mol. The second-order valence-electron chi connectivity index (χ2n) is 10.4. The second kappa shape index (κ2) is 13.7. The SMILES string of the molecule is CCCC(C)(C)C(=O)N1CCC[C@H]1C(=O)N[C@H](Cc1ccc2ccccc2c1)C(=O)NCC(O)CN.Cl. The minimum Gasteiger partial charge on any atom is -0.390 e. The van der Waals surface area contributed by atoms with Crippen LogP contribution in [0.1, 0.15) is 52.0 Å². The Hall–Kier alpha value is -2.68. The van der Waals surface area contributed by atoms with Gasteiger partial charge in [0.15, 0.2) is 0 Å². The van der Waals surface area contributed by atoms with Crippen LogP contribution in [0.3, 0.4) is 0 Å². The van der Waals surface area contributed by atoms with Crippen molar-refractivity contribution in [2.24, 2.45) is 11.1 Å². The minimum absolute atomic E-state index is 0. The fraction of sp³-hybridized carbons (Fsp3) is 0.536.